The molecule has 1 aliphatic heterocycles. The number of carbonyl (C=O) groups excluding carboxylic acids is 1. The molecule has 2 N–H and O–H groups in total. The molecule has 0 radical (unpaired) electrons. The average molecular weight is 532 g/mol. The summed E-state index contributed by atoms with van der Waals surface area (Å²) in [5.41, 5.74) is 1.24. The van der Waals surface area contributed by atoms with Gasteiger partial charge >= 0.3 is 6.09 Å². The molecule has 1 heterocycles. The van der Waals surface area contributed by atoms with Crippen LogP contribution in [0.15, 0.2) is 29.3 Å². The Morgan fingerprint density at radius 2 is 1.90 bits per heavy atom. The zero-order valence-electron chi connectivity index (χ0n) is 18.6. The van der Waals surface area contributed by atoms with Crippen molar-refractivity contribution in [1.82, 2.24) is 15.5 Å². The van der Waals surface area contributed by atoms with Crippen molar-refractivity contribution in [2.75, 3.05) is 39.9 Å². The Morgan fingerprint density at radius 1 is 1.23 bits per heavy atom. The molecule has 0 saturated carbocycles. The predicted molar refractivity (Wildman–Crippen MR) is 132 cm³/mol. The van der Waals surface area contributed by atoms with E-state index in [-0.39, 0.29) is 30.1 Å². The maximum atomic E-state index is 11.6. The number of amides is 1. The monoisotopic (exact) mass is 532 g/mol. The van der Waals surface area contributed by atoms with Crippen LogP contribution >= 0.6 is 24.0 Å². The number of nitrogens with one attached hydrogen (secondary N) is 2. The average Bonchev–Trinajstić information content (AvgIpc) is 2.73. The first kappa shape index (κ1) is 26.3. The van der Waals surface area contributed by atoms with E-state index < -0.39 is 0 Å². The minimum absolute atomic E-state index is 0. The molecule has 1 amide bonds. The SMILES string of the molecule is CCNC(=NCCc1ccc(OCC(C)C)cc1)NC1CCN(C(=O)OC)CC1.I. The highest BCUT2D eigenvalue weighted by molar-refractivity contribution is 14.0. The quantitative estimate of drug-likeness (QED) is 0.304. The Kier molecular flexibility index (Phi) is 12.6. The standard InChI is InChI=1S/C22H36N4O3.HI/c1-5-23-21(25-19-11-14-26(15-12-19)22(27)28-4)24-13-10-18-6-8-20(9-7-18)29-16-17(2)3;/h6-9,17,19H,5,10-16H2,1-4H3,(H2,23,24,25);1H. The molecular weight excluding hydrogens is 495 g/mol. The van der Waals surface area contributed by atoms with Crippen LogP contribution in [-0.2, 0) is 11.2 Å². The number of nitrogens with zero attached hydrogens (tertiary/aromatic N) is 2. The van der Waals surface area contributed by atoms with Gasteiger partial charge in [0.2, 0.25) is 0 Å². The van der Waals surface area contributed by atoms with Crippen molar-refractivity contribution in [3.05, 3.63) is 29.8 Å². The molecule has 1 fully saturated rings. The van der Waals surface area contributed by atoms with Crippen LogP contribution < -0.4 is 15.4 Å². The normalized spacial score (nSPS) is 14.8. The first-order valence-electron chi connectivity index (χ1n) is 10.6. The zero-order valence-corrected chi connectivity index (χ0v) is 21.0. The first-order valence-corrected chi connectivity index (χ1v) is 10.6. The number of aliphatic imine (C=N–C) groups is 1. The highest BCUT2D eigenvalue weighted by Crippen LogP contribution is 2.14. The van der Waals surface area contributed by atoms with Gasteiger partial charge in [-0.25, -0.2) is 4.79 Å². The third-order valence-corrected chi connectivity index (χ3v) is 4.79. The van der Waals surface area contributed by atoms with Gasteiger partial charge in [0.15, 0.2) is 5.96 Å². The number of likely N-dealkylation sites (tertiary alicyclic amines) is 1. The summed E-state index contributed by atoms with van der Waals surface area (Å²) in [6.07, 6.45) is 2.40. The van der Waals surface area contributed by atoms with E-state index in [4.69, 9.17) is 14.5 Å². The summed E-state index contributed by atoms with van der Waals surface area (Å²) in [5.74, 6) is 2.27. The summed E-state index contributed by atoms with van der Waals surface area (Å²) in [6.45, 7) is 10.0. The van der Waals surface area contributed by atoms with E-state index in [0.29, 0.717) is 31.6 Å². The van der Waals surface area contributed by atoms with Crippen LogP contribution in [0.4, 0.5) is 4.79 Å². The van der Waals surface area contributed by atoms with Crippen LogP contribution in [0, 0.1) is 5.92 Å². The van der Waals surface area contributed by atoms with Gasteiger partial charge in [0.05, 0.1) is 13.7 Å². The zero-order chi connectivity index (χ0) is 21.1. The third kappa shape index (κ3) is 9.40. The summed E-state index contributed by atoms with van der Waals surface area (Å²) in [5, 5.41) is 6.81. The second-order valence-electron chi connectivity index (χ2n) is 7.74. The molecule has 0 unspecified atom stereocenters. The molecule has 0 aliphatic carbocycles. The number of methoxy groups -OCH3 is 1. The first-order chi connectivity index (χ1) is 14.0. The number of ether oxygens (including phenoxy) is 2. The Labute approximate surface area is 198 Å². The number of hydrogen-bond donors (Lipinski definition) is 2. The number of halogens is 1. The summed E-state index contributed by atoms with van der Waals surface area (Å²) < 4.78 is 10.5. The lowest BCUT2D eigenvalue weighted by molar-refractivity contribution is 0.111. The van der Waals surface area contributed by atoms with Crippen LogP contribution in [0.2, 0.25) is 0 Å². The summed E-state index contributed by atoms with van der Waals surface area (Å²) >= 11 is 0. The highest BCUT2D eigenvalue weighted by Gasteiger charge is 2.23. The minimum Gasteiger partial charge on any atom is -0.493 e. The number of benzene rings is 1. The van der Waals surface area contributed by atoms with Gasteiger partial charge in [-0.1, -0.05) is 26.0 Å². The lowest BCUT2D eigenvalue weighted by Gasteiger charge is -2.32. The Bertz CT molecular complexity index is 644. The molecule has 1 aromatic rings. The Morgan fingerprint density at radius 3 is 2.47 bits per heavy atom. The lowest BCUT2D eigenvalue weighted by Crippen LogP contribution is -2.49. The van der Waals surface area contributed by atoms with Crippen molar-refractivity contribution in [1.29, 1.82) is 0 Å². The van der Waals surface area contributed by atoms with Gasteiger partial charge in [0, 0.05) is 32.2 Å². The van der Waals surface area contributed by atoms with Gasteiger partial charge < -0.3 is 25.0 Å². The minimum atomic E-state index is -0.246. The molecule has 30 heavy (non-hydrogen) atoms. The Hall–Kier alpha value is -1.71. The summed E-state index contributed by atoms with van der Waals surface area (Å²) in [7, 11) is 1.43. The van der Waals surface area contributed by atoms with Gasteiger partial charge in [-0.3, -0.25) is 4.99 Å². The van der Waals surface area contributed by atoms with Crippen molar-refractivity contribution in [3.8, 4) is 5.75 Å². The van der Waals surface area contributed by atoms with Crippen LogP contribution in [0.25, 0.3) is 0 Å². The number of rotatable bonds is 8. The van der Waals surface area contributed by atoms with E-state index in [9.17, 15) is 4.79 Å². The second-order valence-corrected chi connectivity index (χ2v) is 7.74. The molecule has 0 bridgehead atoms. The predicted octanol–water partition coefficient (Wildman–Crippen LogP) is 3.67. The summed E-state index contributed by atoms with van der Waals surface area (Å²) in [6, 6.07) is 8.58. The number of piperidine rings is 1. The molecule has 0 aromatic heterocycles. The highest BCUT2D eigenvalue weighted by atomic mass is 127. The van der Waals surface area contributed by atoms with Gasteiger partial charge in [0.25, 0.3) is 0 Å². The largest absolute Gasteiger partial charge is 0.493 e. The molecule has 0 spiro atoms. The fraction of sp³-hybridized carbons (Fsp3) is 0.636. The molecule has 8 heteroatoms. The molecular formula is C22H37IN4O3. The molecule has 7 nitrogen and oxygen atoms in total. The molecule has 170 valence electrons. The fourth-order valence-corrected chi connectivity index (χ4v) is 3.16. The molecule has 1 saturated heterocycles. The van der Waals surface area contributed by atoms with Gasteiger partial charge in [-0.05, 0) is 49.8 Å². The topological polar surface area (TPSA) is 75.2 Å². The van der Waals surface area contributed by atoms with Crippen molar-refractivity contribution in [3.63, 3.8) is 0 Å². The number of carbonyl (C=O) groups is 1. The molecule has 2 rings (SSSR count). The van der Waals surface area contributed by atoms with Crippen LogP contribution in [0.5, 0.6) is 5.75 Å². The van der Waals surface area contributed by atoms with Gasteiger partial charge in [-0.2, -0.15) is 0 Å². The van der Waals surface area contributed by atoms with Crippen molar-refractivity contribution < 1.29 is 14.3 Å². The summed E-state index contributed by atoms with van der Waals surface area (Å²) in [4.78, 5) is 18.1. The number of guanidine groups is 1. The van der Waals surface area contributed by atoms with E-state index in [1.54, 1.807) is 4.90 Å². The lowest BCUT2D eigenvalue weighted by atomic mass is 10.1. The van der Waals surface area contributed by atoms with Crippen LogP contribution in [-0.4, -0.2) is 62.9 Å². The Balaban J connectivity index is 0.00000450. The molecule has 1 aromatic carbocycles. The van der Waals surface area contributed by atoms with E-state index in [2.05, 4.69) is 43.5 Å². The second kappa shape index (κ2) is 14.3. The van der Waals surface area contributed by atoms with E-state index in [1.165, 1.54) is 12.7 Å². The number of hydrogen-bond acceptors (Lipinski definition) is 4. The smallest absolute Gasteiger partial charge is 0.409 e. The van der Waals surface area contributed by atoms with Gasteiger partial charge in [0.1, 0.15) is 5.75 Å². The molecule has 1 aliphatic rings. The maximum absolute atomic E-state index is 11.6. The fourth-order valence-electron chi connectivity index (χ4n) is 3.16. The van der Waals surface area contributed by atoms with E-state index in [1.807, 2.05) is 12.1 Å². The third-order valence-electron chi connectivity index (χ3n) is 4.79. The van der Waals surface area contributed by atoms with E-state index >= 15 is 0 Å². The molecule has 0 atom stereocenters. The van der Waals surface area contributed by atoms with Crippen molar-refractivity contribution >= 4 is 36.0 Å². The van der Waals surface area contributed by atoms with Crippen LogP contribution in [0.3, 0.4) is 0 Å². The van der Waals surface area contributed by atoms with Crippen molar-refractivity contribution in [2.24, 2.45) is 10.9 Å². The maximum Gasteiger partial charge on any atom is 0.409 e. The van der Waals surface area contributed by atoms with E-state index in [0.717, 1.165) is 44.1 Å². The van der Waals surface area contributed by atoms with Crippen LogP contribution in [0.1, 0.15) is 39.2 Å². The van der Waals surface area contributed by atoms with Crippen molar-refractivity contribution in [2.45, 2.75) is 46.1 Å². The van der Waals surface area contributed by atoms with Gasteiger partial charge in [-0.15, -0.1) is 24.0 Å².